The second-order valence-electron chi connectivity index (χ2n) is 4.27. The molecule has 0 spiro atoms. The summed E-state index contributed by atoms with van der Waals surface area (Å²) in [7, 11) is 0. The van der Waals surface area contributed by atoms with Crippen molar-refractivity contribution in [3.05, 3.63) is 36.0 Å². The molecule has 1 aromatic heterocycles. The van der Waals surface area contributed by atoms with E-state index < -0.39 is 5.97 Å². The molecule has 0 aliphatic rings. The van der Waals surface area contributed by atoms with Gasteiger partial charge in [-0.25, -0.2) is 9.78 Å². The van der Waals surface area contributed by atoms with Crippen molar-refractivity contribution >= 4 is 28.6 Å². The van der Waals surface area contributed by atoms with Crippen LogP contribution in [0.5, 0.6) is 0 Å². The molecule has 0 aliphatic carbocycles. The van der Waals surface area contributed by atoms with Crippen molar-refractivity contribution in [3.8, 4) is 0 Å². The van der Waals surface area contributed by atoms with E-state index in [1.165, 1.54) is 0 Å². The van der Waals surface area contributed by atoms with Crippen LogP contribution in [-0.2, 0) is 0 Å². The van der Waals surface area contributed by atoms with Crippen LogP contribution in [0.3, 0.4) is 0 Å². The number of hydrogen-bond donors (Lipinski definition) is 2. The number of aliphatic hydroxyl groups excluding tert-OH is 1. The first-order valence-electron chi connectivity index (χ1n) is 6.02. The molecule has 0 amide bonds. The lowest BCUT2D eigenvalue weighted by Gasteiger charge is -2.12. The van der Waals surface area contributed by atoms with E-state index >= 15 is 0 Å². The summed E-state index contributed by atoms with van der Waals surface area (Å²) in [5.74, 6) is -1.03. The Morgan fingerprint density at radius 3 is 2.84 bits per heavy atom. The summed E-state index contributed by atoms with van der Waals surface area (Å²) >= 11 is 1.57. The number of benzene rings is 1. The van der Waals surface area contributed by atoms with Crippen LogP contribution in [0, 0.1) is 0 Å². The van der Waals surface area contributed by atoms with Gasteiger partial charge in [0.05, 0.1) is 5.52 Å². The number of fused-ring (bicyclic) bond motifs is 1. The van der Waals surface area contributed by atoms with E-state index in [0.29, 0.717) is 11.9 Å². The van der Waals surface area contributed by atoms with Gasteiger partial charge in [-0.1, -0.05) is 25.1 Å². The van der Waals surface area contributed by atoms with Crippen LogP contribution in [0.25, 0.3) is 10.9 Å². The minimum atomic E-state index is -1.03. The summed E-state index contributed by atoms with van der Waals surface area (Å²) in [4.78, 5) is 16.1. The van der Waals surface area contributed by atoms with Crippen molar-refractivity contribution < 1.29 is 15.0 Å². The highest BCUT2D eigenvalue weighted by atomic mass is 32.2. The molecule has 5 heteroatoms. The molecule has 100 valence electrons. The number of thioether (sulfide) groups is 1. The first-order valence-corrected chi connectivity index (χ1v) is 6.90. The minimum Gasteiger partial charge on any atom is -0.477 e. The highest BCUT2D eigenvalue weighted by Gasteiger charge is 2.13. The fourth-order valence-corrected chi connectivity index (χ4v) is 2.94. The number of hydrogen-bond acceptors (Lipinski definition) is 4. The van der Waals surface area contributed by atoms with Gasteiger partial charge in [0.25, 0.3) is 0 Å². The van der Waals surface area contributed by atoms with E-state index in [1.54, 1.807) is 17.8 Å². The Kier molecular flexibility index (Phi) is 4.39. The maximum atomic E-state index is 11.1. The van der Waals surface area contributed by atoms with Crippen LogP contribution < -0.4 is 0 Å². The predicted molar refractivity (Wildman–Crippen MR) is 75.7 cm³/mol. The molecule has 1 heterocycles. The SMILES string of the molecule is CC(CCO)Sc1cc(C(=O)O)nc2ccccc12. The number of pyridine rings is 1. The van der Waals surface area contributed by atoms with E-state index in [0.717, 1.165) is 10.3 Å². The van der Waals surface area contributed by atoms with E-state index in [2.05, 4.69) is 4.98 Å². The first-order chi connectivity index (χ1) is 9.11. The molecular formula is C14H15NO3S. The van der Waals surface area contributed by atoms with E-state index in [4.69, 9.17) is 10.2 Å². The molecule has 2 aromatic rings. The minimum absolute atomic E-state index is 0.0531. The van der Waals surface area contributed by atoms with Crippen LogP contribution in [0.15, 0.2) is 35.2 Å². The molecule has 0 bridgehead atoms. The van der Waals surface area contributed by atoms with Crippen molar-refractivity contribution in [2.75, 3.05) is 6.61 Å². The summed E-state index contributed by atoms with van der Waals surface area (Å²) in [6, 6.07) is 9.09. The Bertz CT molecular complexity index is 600. The van der Waals surface area contributed by atoms with E-state index in [-0.39, 0.29) is 17.6 Å². The van der Waals surface area contributed by atoms with Gasteiger partial charge >= 0.3 is 5.97 Å². The summed E-state index contributed by atoms with van der Waals surface area (Å²) in [6.45, 7) is 2.14. The predicted octanol–water partition coefficient (Wildman–Crippen LogP) is 2.80. The van der Waals surface area contributed by atoms with Gasteiger partial charge in [-0.15, -0.1) is 11.8 Å². The molecule has 0 saturated heterocycles. The van der Waals surface area contributed by atoms with Gasteiger partial charge in [0.2, 0.25) is 0 Å². The molecule has 1 unspecified atom stereocenters. The number of carboxylic acid groups (broad SMARTS) is 1. The lowest BCUT2D eigenvalue weighted by atomic mass is 10.2. The van der Waals surface area contributed by atoms with Gasteiger partial charge in [-0.2, -0.15) is 0 Å². The zero-order valence-electron chi connectivity index (χ0n) is 10.5. The topological polar surface area (TPSA) is 70.4 Å². The lowest BCUT2D eigenvalue weighted by Crippen LogP contribution is -2.03. The normalized spacial score (nSPS) is 12.5. The second kappa shape index (κ2) is 6.04. The summed E-state index contributed by atoms with van der Waals surface area (Å²) in [5.41, 5.74) is 0.735. The Morgan fingerprint density at radius 2 is 2.16 bits per heavy atom. The van der Waals surface area contributed by atoms with Crippen LogP contribution in [0.4, 0.5) is 0 Å². The number of aromatic nitrogens is 1. The molecular weight excluding hydrogens is 262 g/mol. The summed E-state index contributed by atoms with van der Waals surface area (Å²) < 4.78 is 0. The number of carboxylic acids is 1. The Balaban J connectivity index is 2.47. The van der Waals surface area contributed by atoms with Gasteiger partial charge in [-0.05, 0) is 18.6 Å². The number of carbonyl (C=O) groups is 1. The summed E-state index contributed by atoms with van der Waals surface area (Å²) in [6.07, 6.45) is 0.670. The van der Waals surface area contributed by atoms with E-state index in [1.807, 2.05) is 31.2 Å². The van der Waals surface area contributed by atoms with Crippen LogP contribution in [-0.4, -0.2) is 33.0 Å². The third kappa shape index (κ3) is 3.24. The number of aromatic carboxylic acids is 1. The quantitative estimate of drug-likeness (QED) is 0.822. The average Bonchev–Trinajstić information content (AvgIpc) is 2.38. The Hall–Kier alpha value is -1.59. The monoisotopic (exact) mass is 277 g/mol. The average molecular weight is 277 g/mol. The summed E-state index contributed by atoms with van der Waals surface area (Å²) in [5, 5.41) is 19.2. The van der Waals surface area contributed by atoms with Crippen molar-refractivity contribution in [1.82, 2.24) is 4.98 Å². The maximum absolute atomic E-state index is 11.1. The molecule has 19 heavy (non-hydrogen) atoms. The molecule has 2 rings (SSSR count). The third-order valence-corrected chi connectivity index (χ3v) is 3.99. The third-order valence-electron chi connectivity index (χ3n) is 2.76. The Morgan fingerprint density at radius 1 is 1.42 bits per heavy atom. The molecule has 0 aliphatic heterocycles. The number of para-hydroxylation sites is 1. The van der Waals surface area contributed by atoms with Crippen LogP contribution in [0.2, 0.25) is 0 Å². The van der Waals surface area contributed by atoms with Crippen molar-refractivity contribution in [3.63, 3.8) is 0 Å². The van der Waals surface area contributed by atoms with Gasteiger partial charge in [-0.3, -0.25) is 0 Å². The van der Waals surface area contributed by atoms with Crippen LogP contribution >= 0.6 is 11.8 Å². The van der Waals surface area contributed by atoms with Gasteiger partial charge in [0.1, 0.15) is 5.69 Å². The molecule has 0 fully saturated rings. The zero-order valence-corrected chi connectivity index (χ0v) is 11.4. The molecule has 1 atom stereocenters. The first kappa shape index (κ1) is 13.8. The van der Waals surface area contributed by atoms with Crippen molar-refractivity contribution in [1.29, 1.82) is 0 Å². The van der Waals surface area contributed by atoms with E-state index in [9.17, 15) is 4.79 Å². The highest BCUT2D eigenvalue weighted by molar-refractivity contribution is 8.00. The van der Waals surface area contributed by atoms with Crippen molar-refractivity contribution in [2.45, 2.75) is 23.5 Å². The number of nitrogens with zero attached hydrogens (tertiary/aromatic N) is 1. The Labute approximate surface area is 115 Å². The molecule has 1 aromatic carbocycles. The zero-order chi connectivity index (χ0) is 13.8. The standard InChI is InChI=1S/C14H15NO3S/c1-9(6-7-16)19-13-8-12(14(17)18)15-11-5-3-2-4-10(11)13/h2-5,8-9,16H,6-7H2,1H3,(H,17,18). The van der Waals surface area contributed by atoms with Gasteiger partial charge < -0.3 is 10.2 Å². The van der Waals surface area contributed by atoms with Crippen molar-refractivity contribution in [2.24, 2.45) is 0 Å². The second-order valence-corrected chi connectivity index (χ2v) is 5.75. The fraction of sp³-hybridized carbons (Fsp3) is 0.286. The highest BCUT2D eigenvalue weighted by Crippen LogP contribution is 2.31. The fourth-order valence-electron chi connectivity index (χ4n) is 1.81. The van der Waals surface area contributed by atoms with Crippen LogP contribution in [0.1, 0.15) is 23.8 Å². The molecule has 0 saturated carbocycles. The van der Waals surface area contributed by atoms with Gasteiger partial charge in [0, 0.05) is 22.1 Å². The molecule has 2 N–H and O–H groups in total. The number of aliphatic hydroxyl groups is 1. The largest absolute Gasteiger partial charge is 0.477 e. The lowest BCUT2D eigenvalue weighted by molar-refractivity contribution is 0.0690. The number of rotatable bonds is 5. The van der Waals surface area contributed by atoms with Gasteiger partial charge in [0.15, 0.2) is 0 Å². The maximum Gasteiger partial charge on any atom is 0.354 e. The smallest absolute Gasteiger partial charge is 0.354 e. The molecule has 4 nitrogen and oxygen atoms in total. The molecule has 0 radical (unpaired) electrons.